The Balaban J connectivity index is 2.29. The van der Waals surface area contributed by atoms with Crippen LogP contribution in [0, 0.1) is 6.92 Å². The van der Waals surface area contributed by atoms with Crippen molar-refractivity contribution in [3.05, 3.63) is 44.9 Å². The molecular weight excluding hydrogens is 298 g/mol. The standard InChI is InChI=1S/C11H8BrN5O/c1-6-2-3-7(4-8(6)12)17-10-9(15-16-17)11(18)14-5-13-10/h2-5H,1H3,(H,13,14,18). The zero-order valence-electron chi connectivity index (χ0n) is 9.38. The van der Waals surface area contributed by atoms with Gasteiger partial charge in [-0.2, -0.15) is 4.68 Å². The van der Waals surface area contributed by atoms with Crippen LogP contribution in [0.4, 0.5) is 0 Å². The van der Waals surface area contributed by atoms with Gasteiger partial charge in [-0.3, -0.25) is 4.79 Å². The highest BCUT2D eigenvalue weighted by atomic mass is 79.9. The Morgan fingerprint density at radius 2 is 2.22 bits per heavy atom. The normalized spacial score (nSPS) is 11.0. The lowest BCUT2D eigenvalue weighted by Gasteiger charge is -2.03. The third-order valence-corrected chi connectivity index (χ3v) is 3.50. The molecule has 3 aromatic rings. The summed E-state index contributed by atoms with van der Waals surface area (Å²) in [5, 5.41) is 7.80. The van der Waals surface area contributed by atoms with E-state index in [0.717, 1.165) is 15.7 Å². The van der Waals surface area contributed by atoms with Crippen LogP contribution in [0.5, 0.6) is 0 Å². The topological polar surface area (TPSA) is 76.5 Å². The van der Waals surface area contributed by atoms with E-state index in [1.54, 1.807) is 0 Å². The van der Waals surface area contributed by atoms with Gasteiger partial charge in [-0.15, -0.1) is 5.10 Å². The number of aromatic nitrogens is 5. The maximum Gasteiger partial charge on any atom is 0.280 e. The summed E-state index contributed by atoms with van der Waals surface area (Å²) in [4.78, 5) is 18.1. The smallest absolute Gasteiger partial charge is 0.280 e. The molecule has 90 valence electrons. The average molecular weight is 306 g/mol. The molecule has 7 heteroatoms. The van der Waals surface area contributed by atoms with Gasteiger partial charge in [0.2, 0.25) is 0 Å². The Morgan fingerprint density at radius 3 is 3.00 bits per heavy atom. The first kappa shape index (κ1) is 11.1. The van der Waals surface area contributed by atoms with Crippen molar-refractivity contribution in [1.29, 1.82) is 0 Å². The Morgan fingerprint density at radius 1 is 1.39 bits per heavy atom. The van der Waals surface area contributed by atoms with Crippen molar-refractivity contribution in [3.63, 3.8) is 0 Å². The summed E-state index contributed by atoms with van der Waals surface area (Å²) >= 11 is 3.46. The van der Waals surface area contributed by atoms with E-state index in [1.165, 1.54) is 11.0 Å². The highest BCUT2D eigenvalue weighted by Crippen LogP contribution is 2.20. The zero-order chi connectivity index (χ0) is 12.7. The van der Waals surface area contributed by atoms with E-state index in [-0.39, 0.29) is 11.1 Å². The van der Waals surface area contributed by atoms with Crippen LogP contribution in [0.25, 0.3) is 16.9 Å². The second-order valence-corrected chi connectivity index (χ2v) is 4.69. The molecule has 0 unspecified atom stereocenters. The van der Waals surface area contributed by atoms with Crippen LogP contribution >= 0.6 is 15.9 Å². The molecule has 0 fully saturated rings. The molecule has 18 heavy (non-hydrogen) atoms. The Kier molecular flexibility index (Phi) is 2.48. The lowest BCUT2D eigenvalue weighted by atomic mass is 10.2. The summed E-state index contributed by atoms with van der Waals surface area (Å²) < 4.78 is 2.50. The van der Waals surface area contributed by atoms with Crippen LogP contribution in [0.15, 0.2) is 33.8 Å². The van der Waals surface area contributed by atoms with Gasteiger partial charge in [-0.25, -0.2) is 4.98 Å². The lowest BCUT2D eigenvalue weighted by molar-refractivity contribution is 0.816. The quantitative estimate of drug-likeness (QED) is 0.740. The molecule has 0 amide bonds. The minimum absolute atomic E-state index is 0.231. The number of H-pyrrole nitrogens is 1. The van der Waals surface area contributed by atoms with E-state index in [9.17, 15) is 4.79 Å². The summed E-state index contributed by atoms with van der Waals surface area (Å²) in [5.41, 5.74) is 2.29. The highest BCUT2D eigenvalue weighted by molar-refractivity contribution is 9.10. The summed E-state index contributed by atoms with van der Waals surface area (Å²) in [6, 6.07) is 5.77. The van der Waals surface area contributed by atoms with Gasteiger partial charge in [-0.05, 0) is 24.6 Å². The largest absolute Gasteiger partial charge is 0.311 e. The summed E-state index contributed by atoms with van der Waals surface area (Å²) in [6.45, 7) is 2.00. The maximum atomic E-state index is 11.5. The molecule has 0 aliphatic carbocycles. The van der Waals surface area contributed by atoms with Gasteiger partial charge >= 0.3 is 0 Å². The lowest BCUT2D eigenvalue weighted by Crippen LogP contribution is -2.07. The van der Waals surface area contributed by atoms with Gasteiger partial charge in [-0.1, -0.05) is 27.2 Å². The predicted molar refractivity (Wildman–Crippen MR) is 69.7 cm³/mol. The number of halogens is 1. The van der Waals surface area contributed by atoms with Crippen LogP contribution < -0.4 is 5.56 Å². The molecular formula is C11H8BrN5O. The number of nitrogens with zero attached hydrogens (tertiary/aromatic N) is 4. The van der Waals surface area contributed by atoms with Crippen molar-refractivity contribution in [2.45, 2.75) is 6.92 Å². The average Bonchev–Trinajstić information content (AvgIpc) is 2.78. The van der Waals surface area contributed by atoms with Crippen LogP contribution in [0.3, 0.4) is 0 Å². The first-order valence-electron chi connectivity index (χ1n) is 5.22. The van der Waals surface area contributed by atoms with Gasteiger partial charge in [0.25, 0.3) is 5.56 Å². The molecule has 0 saturated carbocycles. The van der Waals surface area contributed by atoms with E-state index in [0.29, 0.717) is 5.65 Å². The Labute approximate surface area is 110 Å². The number of benzene rings is 1. The third-order valence-electron chi connectivity index (χ3n) is 2.64. The number of aromatic amines is 1. The van der Waals surface area contributed by atoms with Crippen LogP contribution in [-0.4, -0.2) is 25.0 Å². The molecule has 0 atom stereocenters. The minimum atomic E-state index is -0.294. The number of aryl methyl sites for hydroxylation is 1. The fourth-order valence-electron chi connectivity index (χ4n) is 1.65. The summed E-state index contributed by atoms with van der Waals surface area (Å²) in [6.07, 6.45) is 1.34. The van der Waals surface area contributed by atoms with E-state index < -0.39 is 0 Å². The molecule has 3 rings (SSSR count). The first-order chi connectivity index (χ1) is 8.66. The fourth-order valence-corrected chi connectivity index (χ4v) is 2.01. The van der Waals surface area contributed by atoms with Crippen LogP contribution in [0.1, 0.15) is 5.56 Å². The van der Waals surface area contributed by atoms with Gasteiger partial charge in [0.1, 0.15) is 0 Å². The molecule has 0 bridgehead atoms. The van der Waals surface area contributed by atoms with Crippen molar-refractivity contribution in [2.75, 3.05) is 0 Å². The Hall–Kier alpha value is -2.02. The van der Waals surface area contributed by atoms with Crippen LogP contribution in [-0.2, 0) is 0 Å². The second-order valence-electron chi connectivity index (χ2n) is 3.84. The highest BCUT2D eigenvalue weighted by Gasteiger charge is 2.11. The SMILES string of the molecule is Cc1ccc(-n2nnc3c(=O)[nH]cnc32)cc1Br. The molecule has 0 spiro atoms. The van der Waals surface area contributed by atoms with Crippen molar-refractivity contribution in [2.24, 2.45) is 0 Å². The molecule has 1 aromatic carbocycles. The van der Waals surface area contributed by atoms with Gasteiger partial charge in [0.05, 0.1) is 12.0 Å². The molecule has 0 saturated heterocycles. The molecule has 0 radical (unpaired) electrons. The van der Waals surface area contributed by atoms with E-state index in [2.05, 4.69) is 36.2 Å². The zero-order valence-corrected chi connectivity index (χ0v) is 11.0. The second kappa shape index (κ2) is 4.02. The van der Waals surface area contributed by atoms with Crippen molar-refractivity contribution < 1.29 is 0 Å². The van der Waals surface area contributed by atoms with Crippen molar-refractivity contribution >= 4 is 27.1 Å². The van der Waals surface area contributed by atoms with Crippen LogP contribution in [0.2, 0.25) is 0 Å². The molecule has 2 aromatic heterocycles. The van der Waals surface area contributed by atoms with Gasteiger partial charge in [0.15, 0.2) is 11.2 Å². The van der Waals surface area contributed by atoms with E-state index in [4.69, 9.17) is 0 Å². The van der Waals surface area contributed by atoms with Crippen molar-refractivity contribution in [3.8, 4) is 5.69 Å². The van der Waals surface area contributed by atoms with E-state index >= 15 is 0 Å². The molecule has 0 aliphatic rings. The molecule has 6 nitrogen and oxygen atoms in total. The molecule has 0 aliphatic heterocycles. The van der Waals surface area contributed by atoms with E-state index in [1.807, 2.05) is 25.1 Å². The summed E-state index contributed by atoms with van der Waals surface area (Å²) in [5.74, 6) is 0. The third kappa shape index (κ3) is 1.63. The number of rotatable bonds is 1. The molecule has 2 heterocycles. The van der Waals surface area contributed by atoms with Gasteiger partial charge < -0.3 is 4.98 Å². The number of hydrogen-bond acceptors (Lipinski definition) is 4. The molecule has 1 N–H and O–H groups in total. The summed E-state index contributed by atoms with van der Waals surface area (Å²) in [7, 11) is 0. The number of hydrogen-bond donors (Lipinski definition) is 1. The first-order valence-corrected chi connectivity index (χ1v) is 6.02. The fraction of sp³-hybridized carbons (Fsp3) is 0.0909. The Bertz CT molecular complexity index is 791. The monoisotopic (exact) mass is 305 g/mol. The van der Waals surface area contributed by atoms with Gasteiger partial charge in [0, 0.05) is 4.47 Å². The number of fused-ring (bicyclic) bond motifs is 1. The maximum absolute atomic E-state index is 11.5. The minimum Gasteiger partial charge on any atom is -0.311 e. The number of nitrogens with one attached hydrogen (secondary N) is 1. The predicted octanol–water partition coefficient (Wildman–Crippen LogP) is 1.57. The van der Waals surface area contributed by atoms with Crippen molar-refractivity contribution in [1.82, 2.24) is 25.0 Å².